The van der Waals surface area contributed by atoms with E-state index in [0.717, 1.165) is 24.2 Å². The molecule has 110 valence electrons. The van der Waals surface area contributed by atoms with Crippen molar-refractivity contribution in [3.8, 4) is 5.75 Å². The zero-order chi connectivity index (χ0) is 14.2. The number of ether oxygens (including phenoxy) is 2. The second-order valence-corrected chi connectivity index (χ2v) is 5.21. The Morgan fingerprint density at radius 2 is 2.05 bits per heavy atom. The minimum atomic E-state index is -0.488. The molecule has 0 aromatic heterocycles. The summed E-state index contributed by atoms with van der Waals surface area (Å²) in [7, 11) is 1.65. The van der Waals surface area contributed by atoms with Gasteiger partial charge in [-0.1, -0.05) is 29.8 Å². The molecule has 0 fully saturated rings. The number of hydrogen-bond acceptors (Lipinski definition) is 3. The molecule has 2 rings (SSSR count). The number of para-hydroxylation sites is 1. The van der Waals surface area contributed by atoms with Crippen LogP contribution in [-0.2, 0) is 4.74 Å². The molecule has 3 nitrogen and oxygen atoms in total. The van der Waals surface area contributed by atoms with Gasteiger partial charge in [-0.25, -0.2) is 0 Å². The highest BCUT2D eigenvalue weighted by atomic mass is 16.5. The van der Waals surface area contributed by atoms with Crippen LogP contribution in [0, 0.1) is 0 Å². The Morgan fingerprint density at radius 1 is 1.20 bits per heavy atom. The molecule has 1 aromatic rings. The van der Waals surface area contributed by atoms with Crippen LogP contribution in [0.3, 0.4) is 0 Å². The maximum Gasteiger partial charge on any atom is 0.125 e. The van der Waals surface area contributed by atoms with Crippen molar-refractivity contribution in [1.29, 1.82) is 0 Å². The number of methoxy groups -OCH3 is 1. The van der Waals surface area contributed by atoms with E-state index in [0.29, 0.717) is 19.6 Å². The van der Waals surface area contributed by atoms with Crippen molar-refractivity contribution >= 4 is 0 Å². The van der Waals surface area contributed by atoms with Crippen molar-refractivity contribution in [2.24, 2.45) is 0 Å². The SMILES string of the molecule is COCCOc1ccccc1C(O)CC1=CCCCC1. The monoisotopic (exact) mass is 276 g/mol. The predicted molar refractivity (Wildman–Crippen MR) is 79.9 cm³/mol. The molecule has 0 amide bonds. The number of allylic oxidation sites excluding steroid dienone is 1. The summed E-state index contributed by atoms with van der Waals surface area (Å²) >= 11 is 0. The molecule has 0 aliphatic heterocycles. The average molecular weight is 276 g/mol. The minimum absolute atomic E-state index is 0.488. The average Bonchev–Trinajstić information content (AvgIpc) is 2.49. The van der Waals surface area contributed by atoms with Gasteiger partial charge in [-0.3, -0.25) is 0 Å². The summed E-state index contributed by atoms with van der Waals surface area (Å²) < 4.78 is 10.7. The normalized spacial score (nSPS) is 16.6. The van der Waals surface area contributed by atoms with Gasteiger partial charge in [0, 0.05) is 12.7 Å². The van der Waals surface area contributed by atoms with Crippen LogP contribution in [0.15, 0.2) is 35.9 Å². The van der Waals surface area contributed by atoms with Crippen molar-refractivity contribution in [3.05, 3.63) is 41.5 Å². The summed E-state index contributed by atoms with van der Waals surface area (Å²) in [6.07, 6.45) is 7.28. The highest BCUT2D eigenvalue weighted by Crippen LogP contribution is 2.32. The van der Waals surface area contributed by atoms with E-state index in [2.05, 4.69) is 6.08 Å². The largest absolute Gasteiger partial charge is 0.491 e. The molecule has 1 unspecified atom stereocenters. The summed E-state index contributed by atoms with van der Waals surface area (Å²) in [5.74, 6) is 0.758. The highest BCUT2D eigenvalue weighted by Gasteiger charge is 2.16. The quantitative estimate of drug-likeness (QED) is 0.610. The summed E-state index contributed by atoms with van der Waals surface area (Å²) in [4.78, 5) is 0. The molecule has 3 heteroatoms. The third-order valence-corrected chi connectivity index (χ3v) is 3.66. The maximum atomic E-state index is 10.5. The van der Waals surface area contributed by atoms with Crippen LogP contribution in [0.4, 0.5) is 0 Å². The van der Waals surface area contributed by atoms with E-state index in [1.54, 1.807) is 7.11 Å². The van der Waals surface area contributed by atoms with E-state index in [1.165, 1.54) is 18.4 Å². The molecule has 0 heterocycles. The maximum absolute atomic E-state index is 10.5. The molecule has 1 atom stereocenters. The van der Waals surface area contributed by atoms with Gasteiger partial charge in [0.05, 0.1) is 12.7 Å². The van der Waals surface area contributed by atoms with E-state index < -0.39 is 6.10 Å². The van der Waals surface area contributed by atoms with E-state index in [-0.39, 0.29) is 0 Å². The van der Waals surface area contributed by atoms with Crippen molar-refractivity contribution in [2.45, 2.75) is 38.2 Å². The predicted octanol–water partition coefficient (Wildman–Crippen LogP) is 3.64. The van der Waals surface area contributed by atoms with Crippen LogP contribution in [0.2, 0.25) is 0 Å². The first-order chi connectivity index (χ1) is 9.81. The van der Waals surface area contributed by atoms with Gasteiger partial charge >= 0.3 is 0 Å². The van der Waals surface area contributed by atoms with E-state index in [4.69, 9.17) is 9.47 Å². The van der Waals surface area contributed by atoms with Gasteiger partial charge in [-0.2, -0.15) is 0 Å². The summed E-state index contributed by atoms with van der Waals surface area (Å²) in [6.45, 7) is 1.05. The molecular formula is C17H24O3. The van der Waals surface area contributed by atoms with Crippen LogP contribution in [0.5, 0.6) is 5.75 Å². The Balaban J connectivity index is 2.00. The minimum Gasteiger partial charge on any atom is -0.491 e. The summed E-state index contributed by atoms with van der Waals surface area (Å²) in [5, 5.41) is 10.5. The number of benzene rings is 1. The molecule has 0 saturated carbocycles. The van der Waals surface area contributed by atoms with Gasteiger partial charge in [-0.15, -0.1) is 0 Å². The first-order valence-corrected chi connectivity index (χ1v) is 7.38. The second kappa shape index (κ2) is 8.08. The molecule has 1 N–H and O–H groups in total. The third kappa shape index (κ3) is 4.36. The van der Waals surface area contributed by atoms with E-state index >= 15 is 0 Å². The first-order valence-electron chi connectivity index (χ1n) is 7.38. The van der Waals surface area contributed by atoms with Gasteiger partial charge in [-0.05, 0) is 38.2 Å². The fourth-order valence-corrected chi connectivity index (χ4v) is 2.57. The number of aliphatic hydroxyl groups excluding tert-OH is 1. The van der Waals surface area contributed by atoms with Gasteiger partial charge in [0.1, 0.15) is 12.4 Å². The van der Waals surface area contributed by atoms with Gasteiger partial charge in [0.25, 0.3) is 0 Å². The van der Waals surface area contributed by atoms with Crippen LogP contribution in [0.25, 0.3) is 0 Å². The first kappa shape index (κ1) is 15.1. The topological polar surface area (TPSA) is 38.7 Å². The van der Waals surface area contributed by atoms with Crippen molar-refractivity contribution in [2.75, 3.05) is 20.3 Å². The van der Waals surface area contributed by atoms with Gasteiger partial charge in [0.2, 0.25) is 0 Å². The van der Waals surface area contributed by atoms with Crippen LogP contribution in [0.1, 0.15) is 43.8 Å². The Morgan fingerprint density at radius 3 is 2.80 bits per heavy atom. The van der Waals surface area contributed by atoms with Gasteiger partial charge < -0.3 is 14.6 Å². The van der Waals surface area contributed by atoms with E-state index in [1.807, 2.05) is 24.3 Å². The fourth-order valence-electron chi connectivity index (χ4n) is 2.57. The smallest absolute Gasteiger partial charge is 0.125 e. The van der Waals surface area contributed by atoms with Crippen LogP contribution < -0.4 is 4.74 Å². The van der Waals surface area contributed by atoms with Crippen LogP contribution >= 0.6 is 0 Å². The molecule has 0 saturated heterocycles. The zero-order valence-corrected chi connectivity index (χ0v) is 12.2. The Bertz CT molecular complexity index is 440. The molecule has 0 spiro atoms. The lowest BCUT2D eigenvalue weighted by Crippen LogP contribution is -2.08. The fraction of sp³-hybridized carbons (Fsp3) is 0.529. The van der Waals surface area contributed by atoms with Crippen LogP contribution in [-0.4, -0.2) is 25.4 Å². The molecule has 0 bridgehead atoms. The molecule has 20 heavy (non-hydrogen) atoms. The molecule has 1 aliphatic rings. The standard InChI is InChI=1S/C17H24O3/c1-19-11-12-20-17-10-6-5-9-15(17)16(18)13-14-7-3-2-4-8-14/h5-7,9-10,16,18H,2-4,8,11-13H2,1H3. The third-order valence-electron chi connectivity index (χ3n) is 3.66. The Labute approximate surface area is 121 Å². The lowest BCUT2D eigenvalue weighted by Gasteiger charge is -2.19. The lowest BCUT2D eigenvalue weighted by molar-refractivity contribution is 0.138. The summed E-state index contributed by atoms with van der Waals surface area (Å²) in [5.41, 5.74) is 2.24. The number of aliphatic hydroxyl groups is 1. The Hall–Kier alpha value is -1.32. The molecule has 1 aliphatic carbocycles. The molecule has 0 radical (unpaired) electrons. The Kier molecular flexibility index (Phi) is 6.09. The number of hydrogen-bond donors (Lipinski definition) is 1. The van der Waals surface area contributed by atoms with Crippen molar-refractivity contribution < 1.29 is 14.6 Å². The lowest BCUT2D eigenvalue weighted by atomic mass is 9.92. The van der Waals surface area contributed by atoms with Gasteiger partial charge in [0.15, 0.2) is 0 Å². The highest BCUT2D eigenvalue weighted by molar-refractivity contribution is 5.35. The van der Waals surface area contributed by atoms with Crippen molar-refractivity contribution in [1.82, 2.24) is 0 Å². The number of rotatable bonds is 7. The van der Waals surface area contributed by atoms with E-state index in [9.17, 15) is 5.11 Å². The summed E-state index contributed by atoms with van der Waals surface area (Å²) in [6, 6.07) is 7.72. The zero-order valence-electron chi connectivity index (χ0n) is 12.2. The molecule has 1 aromatic carbocycles. The second-order valence-electron chi connectivity index (χ2n) is 5.21. The van der Waals surface area contributed by atoms with Crippen molar-refractivity contribution in [3.63, 3.8) is 0 Å². The molecular weight excluding hydrogens is 252 g/mol.